The summed E-state index contributed by atoms with van der Waals surface area (Å²) in [6.07, 6.45) is -0.411. The predicted molar refractivity (Wildman–Crippen MR) is 96.8 cm³/mol. The van der Waals surface area contributed by atoms with Crippen molar-refractivity contribution in [2.45, 2.75) is 30.6 Å². The molecule has 0 aromatic carbocycles. The molecular formula is C13H25N5O9S. The summed E-state index contributed by atoms with van der Waals surface area (Å²) in [7, 11) is 0. The quantitative estimate of drug-likeness (QED) is 0.114. The Labute approximate surface area is 165 Å². The number of ether oxygens (including phenoxy) is 2. The second-order valence-corrected chi connectivity index (χ2v) is 5.58. The van der Waals surface area contributed by atoms with Gasteiger partial charge < -0.3 is 48.4 Å². The lowest BCUT2D eigenvalue weighted by atomic mass is 10.2. The van der Waals surface area contributed by atoms with Crippen molar-refractivity contribution in [1.82, 2.24) is 0 Å². The van der Waals surface area contributed by atoms with Crippen LogP contribution in [-0.4, -0.2) is 83.1 Å². The lowest BCUT2D eigenvalue weighted by molar-refractivity contribution is -0.153. The first-order valence-corrected chi connectivity index (χ1v) is 8.17. The van der Waals surface area contributed by atoms with E-state index < -0.39 is 73.6 Å². The summed E-state index contributed by atoms with van der Waals surface area (Å²) in [6.45, 7) is -1.12. The molecule has 4 atom stereocenters. The van der Waals surface area contributed by atoms with E-state index in [4.69, 9.17) is 38.9 Å². The second kappa shape index (κ2) is 14.6. The molecule has 12 N–H and O–H groups in total. The van der Waals surface area contributed by atoms with E-state index in [1.807, 2.05) is 0 Å². The molecule has 0 fully saturated rings. The van der Waals surface area contributed by atoms with Crippen LogP contribution in [0.15, 0.2) is 0 Å². The normalized spacial score (nSPS) is 14.3. The summed E-state index contributed by atoms with van der Waals surface area (Å²) >= 11 is 3.65. The number of carboxylic acids is 2. The molecule has 0 saturated carbocycles. The van der Waals surface area contributed by atoms with Gasteiger partial charge in [-0.25, -0.2) is 0 Å². The maximum absolute atomic E-state index is 11.3. The van der Waals surface area contributed by atoms with Crippen LogP contribution in [-0.2, 0) is 33.4 Å². The molecule has 0 aromatic rings. The zero-order valence-corrected chi connectivity index (χ0v) is 15.6. The van der Waals surface area contributed by atoms with Crippen LogP contribution in [0.3, 0.4) is 0 Å². The lowest BCUT2D eigenvalue weighted by Gasteiger charge is -2.14. The number of primary amides is 1. The smallest absolute Gasteiger partial charge is 0.326 e. The Morgan fingerprint density at radius 2 is 1.14 bits per heavy atom. The summed E-state index contributed by atoms with van der Waals surface area (Å²) in [6, 6.07) is -4.79. The summed E-state index contributed by atoms with van der Waals surface area (Å²) in [5, 5.41) is 16.5. The first kappa shape index (κ1) is 27.8. The Morgan fingerprint density at radius 1 is 0.750 bits per heavy atom. The van der Waals surface area contributed by atoms with E-state index in [1.165, 1.54) is 0 Å². The van der Waals surface area contributed by atoms with Crippen LogP contribution >= 0.6 is 12.6 Å². The van der Waals surface area contributed by atoms with Gasteiger partial charge in [-0.3, -0.25) is 24.0 Å². The van der Waals surface area contributed by atoms with Crippen molar-refractivity contribution in [3.8, 4) is 0 Å². The highest BCUT2D eigenvalue weighted by atomic mass is 32.1. The maximum atomic E-state index is 11.3. The van der Waals surface area contributed by atoms with Gasteiger partial charge in [-0.15, -0.1) is 0 Å². The predicted octanol–water partition coefficient (Wildman–Crippen LogP) is -4.66. The second-order valence-electron chi connectivity index (χ2n) is 5.22. The molecule has 0 spiro atoms. The van der Waals surface area contributed by atoms with Gasteiger partial charge in [0.05, 0.1) is 6.42 Å². The summed E-state index contributed by atoms with van der Waals surface area (Å²) in [5.41, 5.74) is 25.5. The van der Waals surface area contributed by atoms with E-state index in [2.05, 4.69) is 22.1 Å². The highest BCUT2D eigenvalue weighted by Crippen LogP contribution is 1.95. The van der Waals surface area contributed by atoms with Crippen LogP contribution in [0.2, 0.25) is 0 Å². The molecule has 28 heavy (non-hydrogen) atoms. The van der Waals surface area contributed by atoms with E-state index >= 15 is 0 Å². The largest absolute Gasteiger partial charge is 0.480 e. The van der Waals surface area contributed by atoms with Crippen LogP contribution in [0.4, 0.5) is 0 Å². The number of hydrogen-bond donors (Lipinski definition) is 8. The van der Waals surface area contributed by atoms with Gasteiger partial charge in [0.1, 0.15) is 37.4 Å². The molecule has 1 amide bonds. The minimum atomic E-state index is -1.38. The maximum Gasteiger partial charge on any atom is 0.326 e. The first-order valence-electron chi connectivity index (χ1n) is 7.53. The Hall–Kier alpha value is -2.46. The standard InChI is InChI=1S/C10H18N4O7.C3H7NO2S/c11-4(1-7(14)15)9(18)21-3-6(13)10(19)20-2-5(12)8(16)17;4-2(1-7)3(5)6/h4-6H,1-3,11-13H2,(H2,14,15)(H,16,17);2,7H,1,4H2,(H,5,6)/t4-,5-,6-;2-/m00/s1. The minimum absolute atomic E-state index is 0.190. The topological polar surface area (TPSA) is 274 Å². The number of thiol groups is 1. The van der Waals surface area contributed by atoms with Crippen LogP contribution in [0.25, 0.3) is 0 Å². The molecule has 0 aromatic heterocycles. The molecule has 0 bridgehead atoms. The molecule has 14 nitrogen and oxygen atoms in total. The van der Waals surface area contributed by atoms with Crippen LogP contribution in [0.5, 0.6) is 0 Å². The Morgan fingerprint density at radius 3 is 1.46 bits per heavy atom. The van der Waals surface area contributed by atoms with Gasteiger partial charge in [0, 0.05) is 5.75 Å². The number of carbonyl (C=O) groups is 5. The van der Waals surface area contributed by atoms with E-state index in [-0.39, 0.29) is 5.75 Å². The number of hydrogen-bond acceptors (Lipinski definition) is 12. The highest BCUT2D eigenvalue weighted by Gasteiger charge is 2.23. The molecule has 15 heteroatoms. The van der Waals surface area contributed by atoms with Crippen molar-refractivity contribution in [2.75, 3.05) is 19.0 Å². The number of carbonyl (C=O) groups excluding carboxylic acids is 3. The third-order valence-corrected chi connectivity index (χ3v) is 3.06. The van der Waals surface area contributed by atoms with Crippen LogP contribution in [0.1, 0.15) is 6.42 Å². The molecule has 0 unspecified atom stereocenters. The van der Waals surface area contributed by atoms with E-state index in [9.17, 15) is 24.0 Å². The lowest BCUT2D eigenvalue weighted by Crippen LogP contribution is -2.43. The highest BCUT2D eigenvalue weighted by molar-refractivity contribution is 7.80. The fourth-order valence-corrected chi connectivity index (χ4v) is 1.23. The van der Waals surface area contributed by atoms with Crippen molar-refractivity contribution in [3.05, 3.63) is 0 Å². The Bertz CT molecular complexity index is 563. The van der Waals surface area contributed by atoms with Gasteiger partial charge in [0.2, 0.25) is 5.91 Å². The fraction of sp³-hybridized carbons (Fsp3) is 0.615. The number of nitrogens with two attached hydrogens (primary N) is 5. The summed E-state index contributed by atoms with van der Waals surface area (Å²) < 4.78 is 9.11. The van der Waals surface area contributed by atoms with E-state index in [0.717, 1.165) is 0 Å². The molecule has 0 saturated heterocycles. The fourth-order valence-electron chi connectivity index (χ4n) is 1.08. The number of rotatable bonds is 11. The molecular weight excluding hydrogens is 402 g/mol. The van der Waals surface area contributed by atoms with Crippen molar-refractivity contribution >= 4 is 42.4 Å². The summed E-state index contributed by atoms with van der Waals surface area (Å²) in [4.78, 5) is 53.3. The summed E-state index contributed by atoms with van der Waals surface area (Å²) in [5.74, 6) is -4.90. The average molecular weight is 427 g/mol. The number of carboxylic acid groups (broad SMARTS) is 2. The van der Waals surface area contributed by atoms with E-state index in [0.29, 0.717) is 0 Å². The third-order valence-electron chi connectivity index (χ3n) is 2.67. The van der Waals surface area contributed by atoms with Gasteiger partial charge in [0.15, 0.2) is 0 Å². The SMILES string of the molecule is NC(=O)C[C@H](N)C(=O)OC[C@H](N)C(=O)OC[C@H](N)C(=O)O.N[C@@H](CS)C(=O)O. The third kappa shape index (κ3) is 13.7. The van der Waals surface area contributed by atoms with Crippen molar-refractivity contribution in [1.29, 1.82) is 0 Å². The van der Waals surface area contributed by atoms with Crippen molar-refractivity contribution < 1.29 is 43.7 Å². The molecule has 0 heterocycles. The van der Waals surface area contributed by atoms with Crippen molar-refractivity contribution in [3.63, 3.8) is 0 Å². The molecule has 162 valence electrons. The molecule has 0 radical (unpaired) electrons. The molecule has 0 aliphatic rings. The monoisotopic (exact) mass is 427 g/mol. The molecule has 0 rings (SSSR count). The van der Waals surface area contributed by atoms with E-state index in [1.54, 1.807) is 0 Å². The van der Waals surface area contributed by atoms with Crippen LogP contribution in [0, 0.1) is 0 Å². The number of esters is 2. The molecule has 0 aliphatic heterocycles. The zero-order valence-electron chi connectivity index (χ0n) is 14.7. The Kier molecular flexibility index (Phi) is 14.5. The van der Waals surface area contributed by atoms with Gasteiger partial charge in [-0.05, 0) is 0 Å². The van der Waals surface area contributed by atoms with Gasteiger partial charge in [-0.2, -0.15) is 12.6 Å². The number of aliphatic carboxylic acids is 2. The van der Waals surface area contributed by atoms with Gasteiger partial charge in [0.25, 0.3) is 0 Å². The average Bonchev–Trinajstić information content (AvgIpc) is 2.62. The first-order chi connectivity index (χ1) is 12.8. The zero-order chi connectivity index (χ0) is 22.4. The van der Waals surface area contributed by atoms with Crippen molar-refractivity contribution in [2.24, 2.45) is 28.7 Å². The van der Waals surface area contributed by atoms with Gasteiger partial charge in [-0.1, -0.05) is 0 Å². The molecule has 0 aliphatic carbocycles. The van der Waals surface area contributed by atoms with Crippen LogP contribution < -0.4 is 28.7 Å². The van der Waals surface area contributed by atoms with Gasteiger partial charge >= 0.3 is 23.9 Å². The Balaban J connectivity index is 0. The minimum Gasteiger partial charge on any atom is -0.480 e. The number of amides is 1.